The van der Waals surface area contributed by atoms with E-state index in [1.54, 1.807) is 20.3 Å². The second-order valence-corrected chi connectivity index (χ2v) is 4.80. The van der Waals surface area contributed by atoms with Gasteiger partial charge < -0.3 is 10.2 Å². The maximum Gasteiger partial charge on any atom is 0.316 e. The Hall–Kier alpha value is -2.36. The van der Waals surface area contributed by atoms with Gasteiger partial charge in [0.2, 0.25) is 0 Å². The van der Waals surface area contributed by atoms with E-state index in [1.807, 2.05) is 36.4 Å². The Morgan fingerprint density at radius 2 is 1.85 bits per heavy atom. The topological polar surface area (TPSA) is 45.2 Å². The highest BCUT2D eigenvalue weighted by Gasteiger charge is 2.16. The fourth-order valence-corrected chi connectivity index (χ4v) is 2.01. The normalized spacial score (nSPS) is 11.7. The summed E-state index contributed by atoms with van der Waals surface area (Å²) in [6.45, 7) is 0.526. The number of hydrogen-bond acceptors (Lipinski definition) is 2. The van der Waals surface area contributed by atoms with Gasteiger partial charge in [0.25, 0.3) is 0 Å². The minimum atomic E-state index is -0.0955. The number of carbonyl (C=O) groups is 1. The summed E-state index contributed by atoms with van der Waals surface area (Å²) < 4.78 is 0. The van der Waals surface area contributed by atoms with Crippen molar-refractivity contribution >= 4 is 6.03 Å². The maximum absolute atomic E-state index is 11.7. The van der Waals surface area contributed by atoms with Gasteiger partial charge in [-0.05, 0) is 17.7 Å². The summed E-state index contributed by atoms with van der Waals surface area (Å²) in [5.41, 5.74) is 2.10. The van der Waals surface area contributed by atoms with Crippen LogP contribution >= 0.6 is 0 Å². The molecule has 2 amide bonds. The van der Waals surface area contributed by atoms with Crippen LogP contribution in [0.3, 0.4) is 0 Å². The quantitative estimate of drug-likeness (QED) is 0.926. The molecule has 1 aromatic carbocycles. The second kappa shape index (κ2) is 6.70. The van der Waals surface area contributed by atoms with Crippen molar-refractivity contribution in [1.29, 1.82) is 0 Å². The lowest BCUT2D eigenvalue weighted by molar-refractivity contribution is 0.217. The molecule has 0 saturated heterocycles. The lowest BCUT2D eigenvalue weighted by atomic mass is 9.95. The fraction of sp³-hybridized carbons (Fsp3) is 0.250. The molecule has 104 valence electrons. The smallest absolute Gasteiger partial charge is 0.316 e. The van der Waals surface area contributed by atoms with Gasteiger partial charge in [-0.3, -0.25) is 4.98 Å². The van der Waals surface area contributed by atoms with Gasteiger partial charge in [-0.15, -0.1) is 0 Å². The molecule has 0 bridgehead atoms. The maximum atomic E-state index is 11.7. The molecule has 1 atom stereocenters. The zero-order valence-corrected chi connectivity index (χ0v) is 11.8. The average molecular weight is 269 g/mol. The van der Waals surface area contributed by atoms with Gasteiger partial charge in [0.1, 0.15) is 0 Å². The van der Waals surface area contributed by atoms with Crippen LogP contribution in [0, 0.1) is 0 Å². The molecule has 1 N–H and O–H groups in total. The molecule has 0 aliphatic heterocycles. The molecule has 1 aromatic heterocycles. The van der Waals surface area contributed by atoms with Crippen LogP contribution in [0.15, 0.2) is 54.7 Å². The first-order valence-corrected chi connectivity index (χ1v) is 6.59. The summed E-state index contributed by atoms with van der Waals surface area (Å²) >= 11 is 0. The number of pyridine rings is 1. The van der Waals surface area contributed by atoms with Gasteiger partial charge in [-0.1, -0.05) is 36.4 Å². The molecular weight excluding hydrogens is 250 g/mol. The lowest BCUT2D eigenvalue weighted by Crippen LogP contribution is -2.37. The number of nitrogens with one attached hydrogen (secondary N) is 1. The first kappa shape index (κ1) is 14.1. The van der Waals surface area contributed by atoms with E-state index in [9.17, 15) is 4.79 Å². The van der Waals surface area contributed by atoms with E-state index in [4.69, 9.17) is 0 Å². The first-order chi connectivity index (χ1) is 9.68. The number of carbonyl (C=O) groups excluding carboxylic acids is 1. The van der Waals surface area contributed by atoms with Gasteiger partial charge in [0, 0.05) is 38.4 Å². The summed E-state index contributed by atoms with van der Waals surface area (Å²) in [6.07, 6.45) is 1.78. The molecule has 1 heterocycles. The van der Waals surface area contributed by atoms with Gasteiger partial charge in [0.15, 0.2) is 0 Å². The van der Waals surface area contributed by atoms with Gasteiger partial charge >= 0.3 is 6.03 Å². The highest BCUT2D eigenvalue weighted by molar-refractivity contribution is 5.73. The molecule has 2 rings (SSSR count). The largest absolute Gasteiger partial charge is 0.337 e. The third-order valence-corrected chi connectivity index (χ3v) is 3.11. The number of urea groups is 1. The van der Waals surface area contributed by atoms with Crippen LogP contribution in [0.5, 0.6) is 0 Å². The van der Waals surface area contributed by atoms with Crippen molar-refractivity contribution in [2.24, 2.45) is 0 Å². The molecule has 0 saturated carbocycles. The Bertz CT molecular complexity index is 501. The van der Waals surface area contributed by atoms with Crippen molar-refractivity contribution in [2.75, 3.05) is 20.6 Å². The van der Waals surface area contributed by atoms with Crippen LogP contribution < -0.4 is 5.32 Å². The SMILES string of the molecule is CN(C)C(=O)NCC(c1ccccc1)c1ccccn1. The van der Waals surface area contributed by atoms with Crippen molar-refractivity contribution in [1.82, 2.24) is 15.2 Å². The van der Waals surface area contributed by atoms with Crippen molar-refractivity contribution < 1.29 is 4.79 Å². The summed E-state index contributed by atoms with van der Waals surface area (Å²) in [4.78, 5) is 17.6. The molecule has 0 spiro atoms. The van der Waals surface area contributed by atoms with Gasteiger partial charge in [-0.2, -0.15) is 0 Å². The van der Waals surface area contributed by atoms with E-state index in [0.29, 0.717) is 6.54 Å². The van der Waals surface area contributed by atoms with Gasteiger partial charge in [0.05, 0.1) is 0 Å². The highest BCUT2D eigenvalue weighted by Crippen LogP contribution is 2.21. The zero-order valence-electron chi connectivity index (χ0n) is 11.8. The third kappa shape index (κ3) is 3.57. The summed E-state index contributed by atoms with van der Waals surface area (Å²) in [6, 6.07) is 15.8. The zero-order chi connectivity index (χ0) is 14.4. The summed E-state index contributed by atoms with van der Waals surface area (Å²) in [5, 5.41) is 2.93. The highest BCUT2D eigenvalue weighted by atomic mass is 16.2. The first-order valence-electron chi connectivity index (χ1n) is 6.59. The minimum Gasteiger partial charge on any atom is -0.337 e. The van der Waals surface area contributed by atoms with Crippen LogP contribution in [0.4, 0.5) is 4.79 Å². The predicted molar refractivity (Wildman–Crippen MR) is 79.6 cm³/mol. The molecule has 2 aromatic rings. The summed E-state index contributed by atoms with van der Waals surface area (Å²) in [5.74, 6) is 0.0568. The second-order valence-electron chi connectivity index (χ2n) is 4.80. The number of benzene rings is 1. The van der Waals surface area contributed by atoms with E-state index in [2.05, 4.69) is 22.4 Å². The third-order valence-electron chi connectivity index (χ3n) is 3.11. The van der Waals surface area contributed by atoms with E-state index in [1.165, 1.54) is 4.90 Å². The van der Waals surface area contributed by atoms with E-state index in [-0.39, 0.29) is 11.9 Å². The lowest BCUT2D eigenvalue weighted by Gasteiger charge is -2.19. The minimum absolute atomic E-state index is 0.0568. The van der Waals surface area contributed by atoms with Crippen LogP contribution in [0.2, 0.25) is 0 Å². The Labute approximate surface area is 119 Å². The summed E-state index contributed by atoms with van der Waals surface area (Å²) in [7, 11) is 3.46. The number of hydrogen-bond donors (Lipinski definition) is 1. The molecule has 0 fully saturated rings. The van der Waals surface area contributed by atoms with Gasteiger partial charge in [-0.25, -0.2) is 4.79 Å². The van der Waals surface area contributed by atoms with Crippen molar-refractivity contribution in [3.05, 3.63) is 66.0 Å². The molecule has 0 radical (unpaired) electrons. The number of amides is 2. The van der Waals surface area contributed by atoms with Crippen molar-refractivity contribution in [3.63, 3.8) is 0 Å². The Morgan fingerprint density at radius 3 is 2.45 bits per heavy atom. The number of rotatable bonds is 4. The monoisotopic (exact) mass is 269 g/mol. The Kier molecular flexibility index (Phi) is 4.71. The van der Waals surface area contributed by atoms with Crippen LogP contribution in [0.1, 0.15) is 17.2 Å². The standard InChI is InChI=1S/C16H19N3O/c1-19(2)16(20)18-12-14(13-8-4-3-5-9-13)15-10-6-7-11-17-15/h3-11,14H,12H2,1-2H3,(H,18,20). The Balaban J connectivity index is 2.20. The predicted octanol–water partition coefficient (Wildman–Crippen LogP) is 2.48. The van der Waals surface area contributed by atoms with E-state index in [0.717, 1.165) is 11.3 Å². The van der Waals surface area contributed by atoms with Crippen molar-refractivity contribution in [3.8, 4) is 0 Å². The molecule has 20 heavy (non-hydrogen) atoms. The number of aromatic nitrogens is 1. The molecule has 0 aliphatic rings. The molecule has 0 aliphatic carbocycles. The molecular formula is C16H19N3O. The molecule has 4 heteroatoms. The van der Waals surface area contributed by atoms with Crippen LogP contribution in [-0.4, -0.2) is 36.6 Å². The molecule has 4 nitrogen and oxygen atoms in total. The van der Waals surface area contributed by atoms with Crippen LogP contribution in [0.25, 0.3) is 0 Å². The van der Waals surface area contributed by atoms with Crippen LogP contribution in [-0.2, 0) is 0 Å². The Morgan fingerprint density at radius 1 is 1.15 bits per heavy atom. The number of nitrogens with zero attached hydrogens (tertiary/aromatic N) is 2. The fourth-order valence-electron chi connectivity index (χ4n) is 2.01. The average Bonchev–Trinajstić information content (AvgIpc) is 2.49. The molecule has 1 unspecified atom stereocenters. The van der Waals surface area contributed by atoms with E-state index < -0.39 is 0 Å². The van der Waals surface area contributed by atoms with E-state index >= 15 is 0 Å². The van der Waals surface area contributed by atoms with Crippen molar-refractivity contribution in [2.45, 2.75) is 5.92 Å².